The Bertz CT molecular complexity index is 1080. The number of hydrogen-bond acceptors (Lipinski definition) is 6. The van der Waals surface area contributed by atoms with Crippen LogP contribution in [0.4, 0.5) is 5.82 Å². The summed E-state index contributed by atoms with van der Waals surface area (Å²) in [5.41, 5.74) is 3.57. The van der Waals surface area contributed by atoms with Crippen LogP contribution in [0, 0.1) is 12.8 Å². The Morgan fingerprint density at radius 2 is 2.07 bits per heavy atom. The number of nitrogens with zero attached hydrogens (tertiary/aromatic N) is 3. The van der Waals surface area contributed by atoms with Gasteiger partial charge in [0.1, 0.15) is 17.7 Å². The summed E-state index contributed by atoms with van der Waals surface area (Å²) >= 11 is 0. The molecule has 7 nitrogen and oxygen atoms in total. The van der Waals surface area contributed by atoms with E-state index in [1.54, 1.807) is 10.7 Å². The lowest BCUT2D eigenvalue weighted by molar-refractivity contribution is 0.0256. The van der Waals surface area contributed by atoms with Gasteiger partial charge < -0.3 is 20.3 Å². The Kier molecular flexibility index (Phi) is 4.08. The van der Waals surface area contributed by atoms with E-state index in [0.717, 1.165) is 17.0 Å². The maximum Gasteiger partial charge on any atom is 0.157 e. The van der Waals surface area contributed by atoms with Crippen molar-refractivity contribution in [3.63, 3.8) is 0 Å². The summed E-state index contributed by atoms with van der Waals surface area (Å²) < 4.78 is 7.74. The Labute approximate surface area is 169 Å². The second kappa shape index (κ2) is 6.43. The number of rotatable bonds is 3. The summed E-state index contributed by atoms with van der Waals surface area (Å²) in [4.78, 5) is 4.43. The van der Waals surface area contributed by atoms with Crippen LogP contribution in [0.5, 0.6) is 5.75 Å². The smallest absolute Gasteiger partial charge is 0.157 e. The molecule has 0 bridgehead atoms. The molecule has 2 aliphatic rings. The fraction of sp³-hybridized carbons (Fsp3) is 0.409. The lowest BCUT2D eigenvalue weighted by atomic mass is 9.86. The summed E-state index contributed by atoms with van der Waals surface area (Å²) in [5, 5.41) is 28.4. The van der Waals surface area contributed by atoms with Crippen LogP contribution < -0.4 is 10.1 Å². The maximum absolute atomic E-state index is 10.3. The van der Waals surface area contributed by atoms with E-state index >= 15 is 0 Å². The molecule has 0 unspecified atom stereocenters. The van der Waals surface area contributed by atoms with Crippen LogP contribution in [0.1, 0.15) is 25.8 Å². The molecule has 1 radical (unpaired) electrons. The number of para-hydroxylation sites is 1. The molecule has 3 aromatic rings. The van der Waals surface area contributed by atoms with Crippen molar-refractivity contribution in [2.75, 3.05) is 11.9 Å². The van der Waals surface area contributed by atoms with E-state index in [4.69, 9.17) is 9.84 Å². The normalized spacial score (nSPS) is 27.8. The van der Waals surface area contributed by atoms with E-state index in [0.29, 0.717) is 24.5 Å². The molecule has 0 spiro atoms. The summed E-state index contributed by atoms with van der Waals surface area (Å²) in [6, 6.07) is 9.60. The standard InChI is InChI=1S/C22H25N4O3/c1-12-9-16(20(28)19(12)27)24-17-7-8-23-18-10-15(25-26(17)18)13-5-4-6-14-21(13)29-11-22(14,2)3/h4-8,10,12,16,19-20,24,27-28H,1,9,11H2,2-3H3/t12-,16-,19-,20+/m1/s1. The number of fused-ring (bicyclic) bond motifs is 2. The van der Waals surface area contributed by atoms with Crippen molar-refractivity contribution in [3.05, 3.63) is 49.0 Å². The molecule has 29 heavy (non-hydrogen) atoms. The van der Waals surface area contributed by atoms with Gasteiger partial charge >= 0.3 is 0 Å². The van der Waals surface area contributed by atoms with Crippen LogP contribution in [-0.2, 0) is 5.41 Å². The number of ether oxygens (including phenoxy) is 1. The number of benzene rings is 1. The average molecular weight is 393 g/mol. The number of aliphatic hydroxyl groups is 2. The molecule has 4 atom stereocenters. The number of anilines is 1. The second-order valence-corrected chi connectivity index (χ2v) is 8.71. The minimum absolute atomic E-state index is 0.0281. The molecule has 5 rings (SSSR count). The third-order valence-electron chi connectivity index (χ3n) is 6.09. The predicted octanol–water partition coefficient (Wildman–Crippen LogP) is 2.42. The maximum atomic E-state index is 10.3. The zero-order valence-corrected chi connectivity index (χ0v) is 16.5. The lowest BCUT2D eigenvalue weighted by Gasteiger charge is -2.19. The average Bonchev–Trinajstić information content (AvgIpc) is 3.34. The highest BCUT2D eigenvalue weighted by atomic mass is 16.5. The highest BCUT2D eigenvalue weighted by Gasteiger charge is 2.39. The first-order valence-electron chi connectivity index (χ1n) is 9.92. The molecule has 151 valence electrons. The van der Waals surface area contributed by atoms with Crippen molar-refractivity contribution in [3.8, 4) is 17.0 Å². The topological polar surface area (TPSA) is 91.9 Å². The third-order valence-corrected chi connectivity index (χ3v) is 6.09. The fourth-order valence-corrected chi connectivity index (χ4v) is 4.35. The van der Waals surface area contributed by atoms with Gasteiger partial charge in [0.25, 0.3) is 0 Å². The summed E-state index contributed by atoms with van der Waals surface area (Å²) in [7, 11) is 0. The molecule has 7 heteroatoms. The van der Waals surface area contributed by atoms with E-state index in [9.17, 15) is 10.2 Å². The highest BCUT2D eigenvalue weighted by molar-refractivity contribution is 5.74. The molecule has 1 aliphatic carbocycles. The summed E-state index contributed by atoms with van der Waals surface area (Å²) in [6.45, 7) is 8.91. The van der Waals surface area contributed by atoms with Gasteiger partial charge in [-0.05, 0) is 31.4 Å². The third kappa shape index (κ3) is 2.88. The Morgan fingerprint density at radius 1 is 1.24 bits per heavy atom. The molecule has 2 aromatic heterocycles. The van der Waals surface area contributed by atoms with E-state index in [2.05, 4.69) is 37.1 Å². The van der Waals surface area contributed by atoms with Crippen LogP contribution in [0.25, 0.3) is 16.9 Å². The molecule has 1 aromatic carbocycles. The van der Waals surface area contributed by atoms with Crippen molar-refractivity contribution in [2.24, 2.45) is 5.92 Å². The van der Waals surface area contributed by atoms with Gasteiger partial charge in [-0.25, -0.2) is 4.98 Å². The van der Waals surface area contributed by atoms with Gasteiger partial charge in [0.2, 0.25) is 0 Å². The van der Waals surface area contributed by atoms with Crippen LogP contribution >= 0.6 is 0 Å². The Morgan fingerprint density at radius 3 is 2.83 bits per heavy atom. The molecule has 1 saturated carbocycles. The highest BCUT2D eigenvalue weighted by Crippen LogP contribution is 2.44. The largest absolute Gasteiger partial charge is 0.492 e. The summed E-state index contributed by atoms with van der Waals surface area (Å²) in [5.74, 6) is 1.38. The van der Waals surface area contributed by atoms with Crippen LogP contribution in [0.3, 0.4) is 0 Å². The van der Waals surface area contributed by atoms with E-state index in [1.165, 1.54) is 5.56 Å². The van der Waals surface area contributed by atoms with E-state index in [1.807, 2.05) is 24.3 Å². The van der Waals surface area contributed by atoms with Gasteiger partial charge in [-0.3, -0.25) is 0 Å². The van der Waals surface area contributed by atoms with Crippen molar-refractivity contribution in [1.82, 2.24) is 14.6 Å². The van der Waals surface area contributed by atoms with Crippen LogP contribution in [-0.4, -0.2) is 49.7 Å². The van der Waals surface area contributed by atoms with Crippen molar-refractivity contribution < 1.29 is 14.9 Å². The zero-order valence-electron chi connectivity index (χ0n) is 16.5. The van der Waals surface area contributed by atoms with Crippen molar-refractivity contribution >= 4 is 11.5 Å². The number of aliphatic hydroxyl groups excluding tert-OH is 2. The Hall–Kier alpha value is -2.64. The van der Waals surface area contributed by atoms with Gasteiger partial charge in [-0.2, -0.15) is 9.61 Å². The molecule has 3 N–H and O–H groups in total. The first-order valence-corrected chi connectivity index (χ1v) is 9.92. The first kappa shape index (κ1) is 18.4. The lowest BCUT2D eigenvalue weighted by Crippen LogP contribution is -2.35. The predicted molar refractivity (Wildman–Crippen MR) is 110 cm³/mol. The van der Waals surface area contributed by atoms with Crippen LogP contribution in [0.15, 0.2) is 36.5 Å². The molecular formula is C22H25N4O3. The van der Waals surface area contributed by atoms with Crippen LogP contribution in [0.2, 0.25) is 0 Å². The Balaban J connectivity index is 1.53. The molecule has 0 amide bonds. The minimum atomic E-state index is -0.872. The summed E-state index contributed by atoms with van der Waals surface area (Å²) in [6.07, 6.45) is 0.585. The van der Waals surface area contributed by atoms with E-state index in [-0.39, 0.29) is 17.4 Å². The van der Waals surface area contributed by atoms with E-state index < -0.39 is 12.2 Å². The number of nitrogens with one attached hydrogen (secondary N) is 1. The van der Waals surface area contributed by atoms with Gasteiger partial charge in [-0.1, -0.05) is 26.0 Å². The second-order valence-electron chi connectivity index (χ2n) is 8.71. The van der Waals surface area contributed by atoms with Gasteiger partial charge in [0, 0.05) is 28.8 Å². The molecule has 3 heterocycles. The van der Waals surface area contributed by atoms with Crippen molar-refractivity contribution in [2.45, 2.75) is 43.9 Å². The van der Waals surface area contributed by atoms with Gasteiger partial charge in [0.15, 0.2) is 5.65 Å². The molecular weight excluding hydrogens is 368 g/mol. The minimum Gasteiger partial charge on any atom is -0.492 e. The fourth-order valence-electron chi connectivity index (χ4n) is 4.35. The SMILES string of the molecule is [CH2][C@@H]1C[C@@H](Nc2ccnc3cc(-c4cccc5c4OCC5(C)C)nn23)[C@H](O)[C@@H]1O. The number of aromatic nitrogens is 3. The quantitative estimate of drug-likeness (QED) is 0.633. The van der Waals surface area contributed by atoms with Gasteiger partial charge in [0.05, 0.1) is 24.4 Å². The molecule has 0 saturated heterocycles. The van der Waals surface area contributed by atoms with Gasteiger partial charge in [-0.15, -0.1) is 0 Å². The zero-order chi connectivity index (χ0) is 20.3. The molecule has 1 fully saturated rings. The monoisotopic (exact) mass is 393 g/mol. The first-order chi connectivity index (χ1) is 13.8. The van der Waals surface area contributed by atoms with Crippen molar-refractivity contribution in [1.29, 1.82) is 0 Å². The number of hydrogen-bond donors (Lipinski definition) is 3. The molecule has 1 aliphatic heterocycles.